The molecule has 1 amide bonds. The van der Waals surface area contributed by atoms with Gasteiger partial charge in [-0.2, -0.15) is 0 Å². The van der Waals surface area contributed by atoms with Crippen LogP contribution in [0.1, 0.15) is 213 Å². The van der Waals surface area contributed by atoms with Crippen LogP contribution in [0.25, 0.3) is 0 Å². The average molecular weight is 634 g/mol. The lowest BCUT2D eigenvalue weighted by Crippen LogP contribution is -2.45. The van der Waals surface area contributed by atoms with Crippen molar-refractivity contribution in [3.8, 4) is 0 Å². The number of hydrogen-bond acceptors (Lipinski definition) is 3. The predicted molar refractivity (Wildman–Crippen MR) is 198 cm³/mol. The molecule has 0 heterocycles. The third kappa shape index (κ3) is 34.0. The quantitative estimate of drug-likeness (QED) is 0.0475. The molecule has 3 N–H and O–H groups in total. The summed E-state index contributed by atoms with van der Waals surface area (Å²) < 4.78 is 0. The van der Waals surface area contributed by atoms with Crippen LogP contribution in [0, 0.1) is 0 Å². The molecule has 0 radical (unpaired) electrons. The topological polar surface area (TPSA) is 69.6 Å². The Balaban J connectivity index is 3.35. The molecule has 45 heavy (non-hydrogen) atoms. The molecule has 4 heteroatoms. The summed E-state index contributed by atoms with van der Waals surface area (Å²) in [4.78, 5) is 12.2. The first kappa shape index (κ1) is 43.9. The number of aliphatic hydroxyl groups is 2. The van der Waals surface area contributed by atoms with Gasteiger partial charge in [0.2, 0.25) is 5.91 Å². The number of rotatable bonds is 36. The maximum Gasteiger partial charge on any atom is 0.220 e. The number of unbranched alkanes of at least 4 members (excludes halogenated alkanes) is 25. The Kier molecular flexibility index (Phi) is 36.4. The number of nitrogens with one attached hydrogen (secondary N) is 1. The summed E-state index contributed by atoms with van der Waals surface area (Å²) in [5.74, 6) is -0.0393. The standard InChI is InChI=1S/C41H79NO3/c1-3-5-7-9-10-11-12-13-14-15-16-17-18-19-20-21-22-23-24-25-26-27-28-29-30-31-32-33-35-37-41(45)42-39(38-43)40(44)36-34-8-6-4-2/h12-13,15-16,39-40,43-44H,3-11,14,17-38H2,1-2H3,(H,42,45)/b13-12-,16-15-. The summed E-state index contributed by atoms with van der Waals surface area (Å²) in [7, 11) is 0. The second-order valence-electron chi connectivity index (χ2n) is 13.7. The zero-order valence-corrected chi connectivity index (χ0v) is 30.4. The Morgan fingerprint density at radius 1 is 0.533 bits per heavy atom. The zero-order chi connectivity index (χ0) is 32.9. The molecule has 266 valence electrons. The van der Waals surface area contributed by atoms with Gasteiger partial charge in [0.15, 0.2) is 0 Å². The van der Waals surface area contributed by atoms with Crippen LogP contribution < -0.4 is 5.32 Å². The van der Waals surface area contributed by atoms with Crippen molar-refractivity contribution in [2.24, 2.45) is 0 Å². The molecular formula is C41H79NO3. The van der Waals surface area contributed by atoms with Crippen molar-refractivity contribution < 1.29 is 15.0 Å². The highest BCUT2D eigenvalue weighted by atomic mass is 16.3. The van der Waals surface area contributed by atoms with Crippen molar-refractivity contribution in [3.63, 3.8) is 0 Å². The van der Waals surface area contributed by atoms with Gasteiger partial charge in [-0.1, -0.05) is 186 Å². The smallest absolute Gasteiger partial charge is 0.220 e. The normalized spacial score (nSPS) is 13.2. The van der Waals surface area contributed by atoms with Crippen molar-refractivity contribution in [1.82, 2.24) is 5.32 Å². The second kappa shape index (κ2) is 37.3. The summed E-state index contributed by atoms with van der Waals surface area (Å²) in [5, 5.41) is 22.6. The second-order valence-corrected chi connectivity index (χ2v) is 13.7. The molecule has 0 aliphatic heterocycles. The fourth-order valence-corrected chi connectivity index (χ4v) is 6.10. The largest absolute Gasteiger partial charge is 0.394 e. The summed E-state index contributed by atoms with van der Waals surface area (Å²) in [6, 6.07) is -0.528. The number of amides is 1. The van der Waals surface area contributed by atoms with E-state index in [1.807, 2.05) is 0 Å². The van der Waals surface area contributed by atoms with Gasteiger partial charge < -0.3 is 15.5 Å². The molecule has 0 saturated heterocycles. The van der Waals surface area contributed by atoms with Crippen molar-refractivity contribution in [3.05, 3.63) is 24.3 Å². The molecule has 0 aromatic carbocycles. The Bertz CT molecular complexity index is 647. The molecule has 4 nitrogen and oxygen atoms in total. The first-order chi connectivity index (χ1) is 22.2. The van der Waals surface area contributed by atoms with E-state index < -0.39 is 12.1 Å². The van der Waals surface area contributed by atoms with E-state index in [4.69, 9.17) is 0 Å². The van der Waals surface area contributed by atoms with Crippen LogP contribution in [-0.4, -0.2) is 34.9 Å². The number of allylic oxidation sites excluding steroid dienone is 4. The highest BCUT2D eigenvalue weighted by molar-refractivity contribution is 5.76. The zero-order valence-electron chi connectivity index (χ0n) is 30.4. The van der Waals surface area contributed by atoms with Gasteiger partial charge in [0.25, 0.3) is 0 Å². The van der Waals surface area contributed by atoms with Crippen LogP contribution >= 0.6 is 0 Å². The van der Waals surface area contributed by atoms with E-state index in [-0.39, 0.29) is 12.5 Å². The molecular weight excluding hydrogens is 554 g/mol. The minimum Gasteiger partial charge on any atom is -0.394 e. The Labute approximate surface area is 281 Å². The lowest BCUT2D eigenvalue weighted by atomic mass is 10.0. The van der Waals surface area contributed by atoms with Gasteiger partial charge in [0.05, 0.1) is 18.8 Å². The molecule has 0 rings (SSSR count). The minimum absolute atomic E-state index is 0.0393. The van der Waals surface area contributed by atoms with Gasteiger partial charge in [-0.05, 0) is 44.9 Å². The van der Waals surface area contributed by atoms with Crippen molar-refractivity contribution in [2.45, 2.75) is 225 Å². The van der Waals surface area contributed by atoms with Crippen LogP contribution in [-0.2, 0) is 4.79 Å². The van der Waals surface area contributed by atoms with E-state index >= 15 is 0 Å². The number of carbonyl (C=O) groups excluding carboxylic acids is 1. The SMILES string of the molecule is CCCCCCC/C=C\C/C=C\CCCCCCCCCCCCCCCCCCCC(=O)NC(CO)C(O)CCCCCC. The fraction of sp³-hybridized carbons (Fsp3) is 0.878. The average Bonchev–Trinajstić information content (AvgIpc) is 3.04. The van der Waals surface area contributed by atoms with E-state index in [0.29, 0.717) is 12.8 Å². The third-order valence-electron chi connectivity index (χ3n) is 9.22. The molecule has 0 aliphatic rings. The third-order valence-corrected chi connectivity index (χ3v) is 9.22. The molecule has 0 fully saturated rings. The molecule has 2 atom stereocenters. The highest BCUT2D eigenvalue weighted by Crippen LogP contribution is 2.15. The van der Waals surface area contributed by atoms with E-state index in [1.165, 1.54) is 148 Å². The van der Waals surface area contributed by atoms with E-state index in [2.05, 4.69) is 43.5 Å². The molecule has 0 aliphatic carbocycles. The van der Waals surface area contributed by atoms with E-state index in [0.717, 1.165) is 38.5 Å². The Morgan fingerprint density at radius 2 is 0.911 bits per heavy atom. The van der Waals surface area contributed by atoms with Gasteiger partial charge in [-0.3, -0.25) is 4.79 Å². The lowest BCUT2D eigenvalue weighted by molar-refractivity contribution is -0.123. The van der Waals surface area contributed by atoms with Gasteiger partial charge >= 0.3 is 0 Å². The van der Waals surface area contributed by atoms with E-state index in [1.54, 1.807) is 0 Å². The summed E-state index contributed by atoms with van der Waals surface area (Å²) in [5.41, 5.74) is 0. The van der Waals surface area contributed by atoms with Crippen molar-refractivity contribution in [1.29, 1.82) is 0 Å². The first-order valence-electron chi connectivity index (χ1n) is 20.0. The van der Waals surface area contributed by atoms with Crippen LogP contribution in [0.4, 0.5) is 0 Å². The van der Waals surface area contributed by atoms with E-state index in [9.17, 15) is 15.0 Å². The Hall–Kier alpha value is -1.13. The number of aliphatic hydroxyl groups excluding tert-OH is 2. The Morgan fingerprint density at radius 3 is 1.33 bits per heavy atom. The lowest BCUT2D eigenvalue weighted by Gasteiger charge is -2.22. The van der Waals surface area contributed by atoms with Crippen molar-refractivity contribution >= 4 is 5.91 Å². The van der Waals surface area contributed by atoms with Crippen LogP contribution in [0.15, 0.2) is 24.3 Å². The monoisotopic (exact) mass is 634 g/mol. The molecule has 0 saturated carbocycles. The predicted octanol–water partition coefficient (Wildman–Crippen LogP) is 12.1. The fourth-order valence-electron chi connectivity index (χ4n) is 6.10. The summed E-state index contributed by atoms with van der Waals surface area (Å²) >= 11 is 0. The highest BCUT2D eigenvalue weighted by Gasteiger charge is 2.19. The maximum absolute atomic E-state index is 12.2. The van der Waals surface area contributed by atoms with Gasteiger partial charge in [0.1, 0.15) is 0 Å². The maximum atomic E-state index is 12.2. The molecule has 2 unspecified atom stereocenters. The number of carbonyl (C=O) groups is 1. The van der Waals surface area contributed by atoms with Gasteiger partial charge in [0, 0.05) is 6.42 Å². The molecule has 0 spiro atoms. The van der Waals surface area contributed by atoms with Crippen LogP contribution in [0.5, 0.6) is 0 Å². The summed E-state index contributed by atoms with van der Waals surface area (Å²) in [6.45, 7) is 4.24. The van der Waals surface area contributed by atoms with Crippen LogP contribution in [0.2, 0.25) is 0 Å². The number of hydrogen-bond donors (Lipinski definition) is 3. The van der Waals surface area contributed by atoms with Gasteiger partial charge in [-0.15, -0.1) is 0 Å². The van der Waals surface area contributed by atoms with Crippen LogP contribution in [0.3, 0.4) is 0 Å². The molecule has 0 aromatic rings. The minimum atomic E-state index is -0.652. The summed E-state index contributed by atoms with van der Waals surface area (Å²) in [6.07, 6.45) is 47.3. The molecule has 0 bridgehead atoms. The van der Waals surface area contributed by atoms with Gasteiger partial charge in [-0.25, -0.2) is 0 Å². The molecule has 0 aromatic heterocycles. The first-order valence-corrected chi connectivity index (χ1v) is 20.0. The van der Waals surface area contributed by atoms with Crippen molar-refractivity contribution in [2.75, 3.05) is 6.61 Å².